The quantitative estimate of drug-likeness (QED) is 0.180. The zero-order valence-electron chi connectivity index (χ0n) is 25.2. The molecule has 2 amide bonds. The number of rotatable bonds is 9. The number of carbonyl (C=O) groups excluding carboxylic acids is 2. The number of hydrogen-bond acceptors (Lipinski definition) is 5. The zero-order chi connectivity index (χ0) is 30.3. The maximum atomic E-state index is 13.0. The van der Waals surface area contributed by atoms with Gasteiger partial charge in [-0.1, -0.05) is 86.7 Å². The number of ether oxygens (including phenoxy) is 2. The van der Waals surface area contributed by atoms with Crippen LogP contribution in [0.1, 0.15) is 58.8 Å². The second-order valence-electron chi connectivity index (χ2n) is 12.1. The van der Waals surface area contributed by atoms with Crippen molar-refractivity contribution in [2.45, 2.75) is 59.8 Å². The van der Waals surface area contributed by atoms with Gasteiger partial charge in [0.05, 0.1) is 17.4 Å². The number of alkyl carbamates (subject to hydrolysis) is 2. The molecule has 0 aliphatic carbocycles. The summed E-state index contributed by atoms with van der Waals surface area (Å²) in [5.74, 6) is 0. The van der Waals surface area contributed by atoms with Crippen LogP contribution in [0.5, 0.6) is 0 Å². The maximum Gasteiger partial charge on any atom is 0.408 e. The summed E-state index contributed by atoms with van der Waals surface area (Å²) in [5, 5.41) is 15.8. The van der Waals surface area contributed by atoms with Crippen LogP contribution in [0.25, 0.3) is 22.0 Å². The predicted molar refractivity (Wildman–Crippen MR) is 166 cm³/mol. The number of fused-ring (bicyclic) bond motifs is 1. The lowest BCUT2D eigenvalue weighted by atomic mass is 9.88. The molecule has 1 heterocycles. The highest BCUT2D eigenvalue weighted by Gasteiger charge is 2.25. The molecule has 0 unspecified atom stereocenters. The standard InChI is InChI=1S/C34H40N4O4/c1-23(20-34(5,6)22-35-31(39)42-33(2,3)4)30(36-32(40)41-21-24-12-8-7-9-13-24)29-19-28(37-38-29)27-17-16-25-14-10-11-15-26(25)18-27/h7-20,30H,21-22H2,1-6H3,(H,35,39)(H,36,40)(H,37,38)/b23-20+/t30-/m0/s1. The third-order valence-corrected chi connectivity index (χ3v) is 6.59. The van der Waals surface area contributed by atoms with Crippen LogP contribution in [0.15, 0.2) is 90.5 Å². The summed E-state index contributed by atoms with van der Waals surface area (Å²) in [6.45, 7) is 11.9. The van der Waals surface area contributed by atoms with E-state index in [4.69, 9.17) is 9.47 Å². The van der Waals surface area contributed by atoms with Gasteiger partial charge in [0.15, 0.2) is 0 Å². The average molecular weight is 569 g/mol. The summed E-state index contributed by atoms with van der Waals surface area (Å²) < 4.78 is 10.9. The molecule has 0 radical (unpaired) electrons. The first kappa shape index (κ1) is 30.4. The van der Waals surface area contributed by atoms with Crippen molar-refractivity contribution >= 4 is 23.0 Å². The third-order valence-electron chi connectivity index (χ3n) is 6.59. The summed E-state index contributed by atoms with van der Waals surface area (Å²) in [6, 6.07) is 25.3. The number of H-pyrrole nitrogens is 1. The van der Waals surface area contributed by atoms with E-state index in [-0.39, 0.29) is 6.61 Å². The lowest BCUT2D eigenvalue weighted by Gasteiger charge is -2.26. The van der Waals surface area contributed by atoms with E-state index in [0.717, 1.165) is 33.2 Å². The molecular weight excluding hydrogens is 528 g/mol. The van der Waals surface area contributed by atoms with Gasteiger partial charge in [-0.25, -0.2) is 9.59 Å². The van der Waals surface area contributed by atoms with Crippen LogP contribution < -0.4 is 10.6 Å². The Balaban J connectivity index is 1.56. The Hall–Kier alpha value is -4.59. The Bertz CT molecular complexity index is 1550. The van der Waals surface area contributed by atoms with E-state index in [1.807, 2.05) is 102 Å². The molecule has 0 aliphatic rings. The molecule has 1 atom stereocenters. The van der Waals surface area contributed by atoms with Crippen LogP contribution in [0, 0.1) is 5.41 Å². The highest BCUT2D eigenvalue weighted by molar-refractivity contribution is 5.86. The number of nitrogens with zero attached hydrogens (tertiary/aromatic N) is 1. The Labute approximate surface area is 247 Å². The van der Waals surface area contributed by atoms with Gasteiger partial charge in [-0.3, -0.25) is 5.10 Å². The summed E-state index contributed by atoms with van der Waals surface area (Å²) >= 11 is 0. The molecular formula is C34H40N4O4. The minimum Gasteiger partial charge on any atom is -0.445 e. The number of hydrogen-bond donors (Lipinski definition) is 3. The largest absolute Gasteiger partial charge is 0.445 e. The molecule has 42 heavy (non-hydrogen) atoms. The van der Waals surface area contributed by atoms with Crippen molar-refractivity contribution in [2.75, 3.05) is 6.54 Å². The van der Waals surface area contributed by atoms with Crippen LogP contribution in [-0.4, -0.2) is 34.5 Å². The smallest absolute Gasteiger partial charge is 0.408 e. The monoisotopic (exact) mass is 568 g/mol. The van der Waals surface area contributed by atoms with Gasteiger partial charge < -0.3 is 20.1 Å². The van der Waals surface area contributed by atoms with Crippen LogP contribution in [0.4, 0.5) is 9.59 Å². The molecule has 0 spiro atoms. The molecule has 4 rings (SSSR count). The van der Waals surface area contributed by atoms with Crippen LogP contribution in [0.2, 0.25) is 0 Å². The zero-order valence-corrected chi connectivity index (χ0v) is 25.2. The highest BCUT2D eigenvalue weighted by Crippen LogP contribution is 2.30. The van der Waals surface area contributed by atoms with Crippen molar-refractivity contribution in [3.05, 3.63) is 102 Å². The molecule has 0 fully saturated rings. The van der Waals surface area contributed by atoms with Gasteiger partial charge >= 0.3 is 12.2 Å². The molecule has 8 heteroatoms. The van der Waals surface area contributed by atoms with E-state index in [1.54, 1.807) is 0 Å². The fraction of sp³-hybridized carbons (Fsp3) is 0.324. The number of carbonyl (C=O) groups is 2. The fourth-order valence-electron chi connectivity index (χ4n) is 4.67. The van der Waals surface area contributed by atoms with Crippen molar-refractivity contribution in [1.82, 2.24) is 20.8 Å². The van der Waals surface area contributed by atoms with Gasteiger partial charge in [0.1, 0.15) is 12.2 Å². The Morgan fingerprint density at radius 1 is 0.905 bits per heavy atom. The SMILES string of the molecule is C/C(=C\C(C)(C)CNC(=O)OC(C)(C)C)[C@H](NC(=O)OCc1ccccc1)c1cc(-c2ccc3ccccc3c2)n[nH]1. The van der Waals surface area contributed by atoms with E-state index in [2.05, 4.69) is 45.1 Å². The molecule has 8 nitrogen and oxygen atoms in total. The van der Waals surface area contributed by atoms with Crippen LogP contribution in [0.3, 0.4) is 0 Å². The van der Waals surface area contributed by atoms with Crippen LogP contribution in [-0.2, 0) is 16.1 Å². The molecule has 4 aromatic rings. The highest BCUT2D eigenvalue weighted by atomic mass is 16.6. The van der Waals surface area contributed by atoms with Crippen molar-refractivity contribution in [3.8, 4) is 11.3 Å². The average Bonchev–Trinajstić information content (AvgIpc) is 3.43. The molecule has 0 saturated heterocycles. The first-order chi connectivity index (χ1) is 19.9. The Morgan fingerprint density at radius 2 is 1.60 bits per heavy atom. The van der Waals surface area contributed by atoms with E-state index >= 15 is 0 Å². The molecule has 3 aromatic carbocycles. The van der Waals surface area contributed by atoms with Crippen molar-refractivity contribution < 1.29 is 19.1 Å². The number of nitrogens with one attached hydrogen (secondary N) is 3. The summed E-state index contributed by atoms with van der Waals surface area (Å²) in [7, 11) is 0. The number of benzene rings is 3. The normalized spacial score (nSPS) is 13.0. The molecule has 1 aromatic heterocycles. The van der Waals surface area contributed by atoms with E-state index in [1.165, 1.54) is 0 Å². The van der Waals surface area contributed by atoms with Gasteiger partial charge in [-0.05, 0) is 61.7 Å². The second-order valence-corrected chi connectivity index (χ2v) is 12.1. The number of aromatic amines is 1. The van der Waals surface area contributed by atoms with Gasteiger partial charge in [-0.2, -0.15) is 5.10 Å². The summed E-state index contributed by atoms with van der Waals surface area (Å²) in [6.07, 6.45) is 1.00. The molecule has 220 valence electrons. The minimum absolute atomic E-state index is 0.152. The van der Waals surface area contributed by atoms with E-state index in [9.17, 15) is 9.59 Å². The van der Waals surface area contributed by atoms with E-state index in [0.29, 0.717) is 12.2 Å². The Kier molecular flexibility index (Phi) is 9.35. The number of aromatic nitrogens is 2. The minimum atomic E-state index is -0.585. The lowest BCUT2D eigenvalue weighted by Crippen LogP contribution is -2.38. The first-order valence-electron chi connectivity index (χ1n) is 14.1. The summed E-state index contributed by atoms with van der Waals surface area (Å²) in [5.41, 5.74) is 3.15. The first-order valence-corrected chi connectivity index (χ1v) is 14.1. The molecule has 0 saturated carbocycles. The fourth-order valence-corrected chi connectivity index (χ4v) is 4.67. The topological polar surface area (TPSA) is 105 Å². The van der Waals surface area contributed by atoms with Crippen molar-refractivity contribution in [1.29, 1.82) is 0 Å². The van der Waals surface area contributed by atoms with Gasteiger partial charge in [0, 0.05) is 17.5 Å². The van der Waals surface area contributed by atoms with Crippen LogP contribution >= 0.6 is 0 Å². The Morgan fingerprint density at radius 3 is 2.31 bits per heavy atom. The van der Waals surface area contributed by atoms with E-state index < -0.39 is 29.2 Å². The predicted octanol–water partition coefficient (Wildman–Crippen LogP) is 7.69. The molecule has 0 aliphatic heterocycles. The molecule has 3 N–H and O–H groups in total. The maximum absolute atomic E-state index is 13.0. The van der Waals surface area contributed by atoms with Gasteiger partial charge in [0.2, 0.25) is 0 Å². The number of amides is 2. The van der Waals surface area contributed by atoms with Gasteiger partial charge in [-0.15, -0.1) is 0 Å². The summed E-state index contributed by atoms with van der Waals surface area (Å²) in [4.78, 5) is 25.2. The molecule has 0 bridgehead atoms. The lowest BCUT2D eigenvalue weighted by molar-refractivity contribution is 0.0513. The van der Waals surface area contributed by atoms with Gasteiger partial charge in [0.25, 0.3) is 0 Å². The van der Waals surface area contributed by atoms with Crippen molar-refractivity contribution in [2.24, 2.45) is 5.41 Å². The third kappa shape index (κ3) is 8.70. The second kappa shape index (κ2) is 12.9. The van der Waals surface area contributed by atoms with Crippen molar-refractivity contribution in [3.63, 3.8) is 0 Å².